The molecule has 2 unspecified atom stereocenters. The van der Waals surface area contributed by atoms with E-state index >= 15 is 0 Å². The number of benzene rings is 1. The van der Waals surface area contributed by atoms with Gasteiger partial charge in [-0.3, -0.25) is 9.59 Å². The largest absolute Gasteiger partial charge is 0.493 e. The van der Waals surface area contributed by atoms with Gasteiger partial charge in [0.2, 0.25) is 5.91 Å². The zero-order chi connectivity index (χ0) is 17.8. The smallest absolute Gasteiger partial charge is 0.254 e. The van der Waals surface area contributed by atoms with Crippen molar-refractivity contribution in [3.05, 3.63) is 23.8 Å². The average molecular weight is 350 g/mol. The molecule has 3 rings (SSSR count). The molecule has 2 heterocycles. The van der Waals surface area contributed by atoms with Gasteiger partial charge < -0.3 is 29.2 Å². The molecule has 1 N–H and O–H groups in total. The number of ether oxygens (including phenoxy) is 4. The third-order valence-electron chi connectivity index (χ3n) is 4.35. The van der Waals surface area contributed by atoms with E-state index in [9.17, 15) is 9.59 Å². The first-order valence-electron chi connectivity index (χ1n) is 8.13. The second-order valence-corrected chi connectivity index (χ2v) is 5.83. The number of morpholine rings is 2. The Labute approximate surface area is 146 Å². The van der Waals surface area contributed by atoms with Gasteiger partial charge >= 0.3 is 0 Å². The lowest BCUT2D eigenvalue weighted by Gasteiger charge is -2.36. The normalized spacial score (nSPS) is 23.8. The average Bonchev–Trinajstić information content (AvgIpc) is 2.67. The van der Waals surface area contributed by atoms with Crippen molar-refractivity contribution in [2.75, 3.05) is 47.1 Å². The van der Waals surface area contributed by atoms with E-state index in [4.69, 9.17) is 18.9 Å². The predicted molar refractivity (Wildman–Crippen MR) is 87.6 cm³/mol. The molecule has 0 bridgehead atoms. The highest BCUT2D eigenvalue weighted by atomic mass is 16.5. The summed E-state index contributed by atoms with van der Waals surface area (Å²) in [5, 5.41) is 2.85. The van der Waals surface area contributed by atoms with Crippen molar-refractivity contribution in [2.24, 2.45) is 0 Å². The molecule has 1 aromatic carbocycles. The van der Waals surface area contributed by atoms with Gasteiger partial charge in [-0.25, -0.2) is 0 Å². The van der Waals surface area contributed by atoms with Crippen LogP contribution in [0.3, 0.4) is 0 Å². The molecule has 2 aliphatic heterocycles. The SMILES string of the molecule is COc1ccc(C2NC(=O)COC2C(=O)N2CCOCC2)cc1OC. The number of nitrogens with one attached hydrogen (secondary N) is 1. The fourth-order valence-electron chi connectivity index (χ4n) is 3.03. The minimum Gasteiger partial charge on any atom is -0.493 e. The summed E-state index contributed by atoms with van der Waals surface area (Å²) in [6.45, 7) is 1.92. The van der Waals surface area contributed by atoms with Gasteiger partial charge in [-0.2, -0.15) is 0 Å². The van der Waals surface area contributed by atoms with Crippen molar-refractivity contribution in [3.63, 3.8) is 0 Å². The summed E-state index contributed by atoms with van der Waals surface area (Å²) in [5.74, 6) is 0.691. The molecule has 25 heavy (non-hydrogen) atoms. The van der Waals surface area contributed by atoms with E-state index in [1.165, 1.54) is 7.11 Å². The molecule has 0 aliphatic carbocycles. The molecule has 2 fully saturated rings. The van der Waals surface area contributed by atoms with Crippen LogP contribution in [0.5, 0.6) is 11.5 Å². The molecule has 0 radical (unpaired) electrons. The van der Waals surface area contributed by atoms with Crippen LogP contribution in [0.25, 0.3) is 0 Å². The molecule has 8 nitrogen and oxygen atoms in total. The second-order valence-electron chi connectivity index (χ2n) is 5.83. The summed E-state index contributed by atoms with van der Waals surface area (Å²) < 4.78 is 21.4. The Morgan fingerprint density at radius 2 is 1.92 bits per heavy atom. The molecule has 0 saturated carbocycles. The molecule has 136 valence electrons. The van der Waals surface area contributed by atoms with E-state index in [0.717, 1.165) is 5.56 Å². The van der Waals surface area contributed by atoms with E-state index < -0.39 is 12.1 Å². The van der Waals surface area contributed by atoms with Crippen molar-refractivity contribution in [1.82, 2.24) is 10.2 Å². The minimum atomic E-state index is -0.783. The zero-order valence-corrected chi connectivity index (χ0v) is 14.3. The molecule has 2 saturated heterocycles. The summed E-state index contributed by atoms with van der Waals surface area (Å²) in [6, 6.07) is 4.69. The highest BCUT2D eigenvalue weighted by molar-refractivity contribution is 5.86. The molecule has 8 heteroatoms. The van der Waals surface area contributed by atoms with Gasteiger partial charge in [0.15, 0.2) is 17.6 Å². The highest BCUT2D eigenvalue weighted by Gasteiger charge is 2.39. The standard InChI is InChI=1S/C17H22N2O6/c1-22-12-4-3-11(9-13(12)23-2)15-16(25-10-14(20)18-15)17(21)19-5-7-24-8-6-19/h3-4,9,15-16H,5-8,10H2,1-2H3,(H,18,20). The summed E-state index contributed by atoms with van der Waals surface area (Å²) in [7, 11) is 3.09. The van der Waals surface area contributed by atoms with Gasteiger partial charge in [-0.1, -0.05) is 6.07 Å². The Morgan fingerprint density at radius 1 is 1.20 bits per heavy atom. The van der Waals surface area contributed by atoms with Crippen LogP contribution in [0.2, 0.25) is 0 Å². The first-order valence-corrected chi connectivity index (χ1v) is 8.13. The van der Waals surface area contributed by atoms with Crippen LogP contribution in [0.4, 0.5) is 0 Å². The number of hydrogen-bond donors (Lipinski definition) is 1. The Hall–Kier alpha value is -2.32. The molecule has 0 spiro atoms. The van der Waals surface area contributed by atoms with Crippen LogP contribution < -0.4 is 14.8 Å². The predicted octanol–water partition coefficient (Wildman–Crippen LogP) is 0.119. The van der Waals surface area contributed by atoms with E-state index in [0.29, 0.717) is 37.8 Å². The van der Waals surface area contributed by atoms with Gasteiger partial charge in [0.25, 0.3) is 5.91 Å². The maximum atomic E-state index is 12.9. The number of rotatable bonds is 4. The van der Waals surface area contributed by atoms with Crippen LogP contribution in [-0.2, 0) is 19.1 Å². The Bertz CT molecular complexity index is 644. The lowest BCUT2D eigenvalue weighted by Crippen LogP contribution is -2.55. The molecule has 2 amide bonds. The monoisotopic (exact) mass is 350 g/mol. The number of amides is 2. The van der Waals surface area contributed by atoms with Gasteiger partial charge in [0, 0.05) is 13.1 Å². The van der Waals surface area contributed by atoms with Gasteiger partial charge in [-0.15, -0.1) is 0 Å². The summed E-state index contributed by atoms with van der Waals surface area (Å²) >= 11 is 0. The Morgan fingerprint density at radius 3 is 2.60 bits per heavy atom. The molecule has 1 aromatic rings. The van der Waals surface area contributed by atoms with E-state index in [1.54, 1.807) is 30.2 Å². The summed E-state index contributed by atoms with van der Waals surface area (Å²) in [6.07, 6.45) is -0.783. The third-order valence-corrected chi connectivity index (χ3v) is 4.35. The van der Waals surface area contributed by atoms with E-state index in [2.05, 4.69) is 5.32 Å². The van der Waals surface area contributed by atoms with Crippen LogP contribution in [0, 0.1) is 0 Å². The van der Waals surface area contributed by atoms with Crippen LogP contribution >= 0.6 is 0 Å². The van der Waals surface area contributed by atoms with Gasteiger partial charge in [-0.05, 0) is 17.7 Å². The lowest BCUT2D eigenvalue weighted by molar-refractivity contribution is -0.158. The number of carbonyl (C=O) groups excluding carboxylic acids is 2. The molecule has 0 aromatic heterocycles. The fourth-order valence-corrected chi connectivity index (χ4v) is 3.03. The zero-order valence-electron chi connectivity index (χ0n) is 14.3. The molecular formula is C17H22N2O6. The van der Waals surface area contributed by atoms with E-state index in [1.807, 2.05) is 0 Å². The topological polar surface area (TPSA) is 86.3 Å². The van der Waals surface area contributed by atoms with Crippen LogP contribution in [0.15, 0.2) is 18.2 Å². The Kier molecular flexibility index (Phi) is 5.40. The summed E-state index contributed by atoms with van der Waals surface area (Å²) in [4.78, 5) is 26.4. The van der Waals surface area contributed by atoms with Crippen molar-refractivity contribution in [3.8, 4) is 11.5 Å². The summed E-state index contributed by atoms with van der Waals surface area (Å²) in [5.41, 5.74) is 0.720. The maximum Gasteiger partial charge on any atom is 0.254 e. The van der Waals surface area contributed by atoms with Crippen molar-refractivity contribution in [2.45, 2.75) is 12.1 Å². The molecule has 2 atom stereocenters. The van der Waals surface area contributed by atoms with Crippen molar-refractivity contribution in [1.29, 1.82) is 0 Å². The Balaban J connectivity index is 1.87. The van der Waals surface area contributed by atoms with Crippen molar-refractivity contribution >= 4 is 11.8 Å². The number of nitrogens with zero attached hydrogens (tertiary/aromatic N) is 1. The van der Waals surface area contributed by atoms with E-state index in [-0.39, 0.29) is 18.4 Å². The first kappa shape index (κ1) is 17.5. The van der Waals surface area contributed by atoms with Crippen LogP contribution in [0.1, 0.15) is 11.6 Å². The fraction of sp³-hybridized carbons (Fsp3) is 0.529. The van der Waals surface area contributed by atoms with Crippen molar-refractivity contribution < 1.29 is 28.5 Å². The molecule has 2 aliphatic rings. The maximum absolute atomic E-state index is 12.9. The second kappa shape index (κ2) is 7.71. The third kappa shape index (κ3) is 3.69. The highest BCUT2D eigenvalue weighted by Crippen LogP contribution is 2.33. The number of carbonyl (C=O) groups is 2. The van der Waals surface area contributed by atoms with Gasteiger partial charge in [0.1, 0.15) is 6.61 Å². The lowest BCUT2D eigenvalue weighted by atomic mass is 9.98. The van der Waals surface area contributed by atoms with Gasteiger partial charge in [0.05, 0.1) is 33.5 Å². The first-order chi connectivity index (χ1) is 12.1. The van der Waals surface area contributed by atoms with Crippen LogP contribution in [-0.4, -0.2) is 69.9 Å². The number of hydrogen-bond acceptors (Lipinski definition) is 6. The quantitative estimate of drug-likeness (QED) is 0.830. The molecular weight excluding hydrogens is 328 g/mol. The number of methoxy groups -OCH3 is 2. The minimum absolute atomic E-state index is 0.134.